The van der Waals surface area contributed by atoms with Gasteiger partial charge in [0.15, 0.2) is 0 Å². The highest BCUT2D eigenvalue weighted by atomic mass is 35.5. The van der Waals surface area contributed by atoms with Gasteiger partial charge in [0.25, 0.3) is 0 Å². The zero-order valence-electron chi connectivity index (χ0n) is 9.17. The Kier molecular flexibility index (Phi) is 3.88. The molecule has 17 heavy (non-hydrogen) atoms. The van der Waals surface area contributed by atoms with Crippen LogP contribution in [0.1, 0.15) is 5.69 Å². The molecule has 92 valence electrons. The number of morpholine rings is 1. The molecule has 0 bridgehead atoms. The van der Waals surface area contributed by atoms with E-state index in [1.54, 1.807) is 6.20 Å². The molecule has 1 atom stereocenters. The topological polar surface area (TPSA) is 81.3 Å². The number of halogens is 1. The molecule has 1 unspecified atom stereocenters. The van der Waals surface area contributed by atoms with E-state index in [2.05, 4.69) is 9.97 Å². The van der Waals surface area contributed by atoms with Crippen molar-refractivity contribution < 1.29 is 9.53 Å². The van der Waals surface area contributed by atoms with E-state index in [4.69, 9.17) is 22.1 Å². The van der Waals surface area contributed by atoms with Crippen LogP contribution in [0.25, 0.3) is 0 Å². The number of nitrogens with zero attached hydrogens (tertiary/aromatic N) is 3. The Morgan fingerprint density at radius 3 is 3.06 bits per heavy atom. The van der Waals surface area contributed by atoms with Gasteiger partial charge in [-0.2, -0.15) is 0 Å². The highest BCUT2D eigenvalue weighted by molar-refractivity contribution is 6.29. The summed E-state index contributed by atoms with van der Waals surface area (Å²) < 4.78 is 5.23. The van der Waals surface area contributed by atoms with Crippen LogP contribution < -0.4 is 5.73 Å². The van der Waals surface area contributed by atoms with E-state index in [9.17, 15) is 4.79 Å². The maximum absolute atomic E-state index is 11.3. The molecule has 0 radical (unpaired) electrons. The van der Waals surface area contributed by atoms with E-state index in [0.29, 0.717) is 31.5 Å². The Labute approximate surface area is 104 Å². The predicted molar refractivity (Wildman–Crippen MR) is 61.3 cm³/mol. The largest absolute Gasteiger partial charge is 0.378 e. The third-order valence-corrected chi connectivity index (χ3v) is 2.80. The van der Waals surface area contributed by atoms with Gasteiger partial charge in [0, 0.05) is 13.1 Å². The Bertz CT molecular complexity index is 398. The number of hydrogen-bond donors (Lipinski definition) is 1. The van der Waals surface area contributed by atoms with E-state index < -0.39 is 6.04 Å². The molecule has 0 spiro atoms. The van der Waals surface area contributed by atoms with Crippen LogP contribution in [0.2, 0.25) is 5.15 Å². The summed E-state index contributed by atoms with van der Waals surface area (Å²) in [5, 5.41) is 0.349. The minimum absolute atomic E-state index is 0.330. The van der Waals surface area contributed by atoms with Gasteiger partial charge < -0.3 is 10.5 Å². The number of rotatable bonds is 3. The molecule has 1 saturated heterocycles. The molecule has 2 heterocycles. The molecular weight excluding hydrogens is 244 g/mol. The Morgan fingerprint density at radius 2 is 2.41 bits per heavy atom. The molecule has 2 N–H and O–H groups in total. The number of carbonyl (C=O) groups is 1. The van der Waals surface area contributed by atoms with Crippen LogP contribution in [0.3, 0.4) is 0 Å². The first-order valence-electron chi connectivity index (χ1n) is 5.24. The summed E-state index contributed by atoms with van der Waals surface area (Å²) in [4.78, 5) is 21.3. The van der Waals surface area contributed by atoms with Crippen molar-refractivity contribution in [3.05, 3.63) is 23.2 Å². The summed E-state index contributed by atoms with van der Waals surface area (Å²) in [5.74, 6) is -0.383. The Balaban J connectivity index is 2.05. The minimum Gasteiger partial charge on any atom is -0.378 e. The van der Waals surface area contributed by atoms with Crippen molar-refractivity contribution in [2.24, 2.45) is 5.73 Å². The summed E-state index contributed by atoms with van der Waals surface area (Å²) in [6, 6.07) is -0.402. The first-order valence-corrected chi connectivity index (χ1v) is 5.62. The molecule has 1 amide bonds. The van der Waals surface area contributed by atoms with Crippen LogP contribution in [0.5, 0.6) is 0 Å². The molecule has 0 aromatic carbocycles. The Hall–Kier alpha value is -1.24. The van der Waals surface area contributed by atoms with E-state index in [-0.39, 0.29) is 5.91 Å². The van der Waals surface area contributed by atoms with Crippen molar-refractivity contribution in [2.45, 2.75) is 12.6 Å². The van der Waals surface area contributed by atoms with Gasteiger partial charge in [0.2, 0.25) is 5.91 Å². The lowest BCUT2D eigenvalue weighted by Gasteiger charge is -2.32. The average molecular weight is 257 g/mol. The van der Waals surface area contributed by atoms with Gasteiger partial charge in [-0.05, 0) is 0 Å². The molecule has 0 saturated carbocycles. The van der Waals surface area contributed by atoms with Crippen LogP contribution >= 0.6 is 11.6 Å². The zero-order valence-corrected chi connectivity index (χ0v) is 9.93. The summed E-state index contributed by atoms with van der Waals surface area (Å²) >= 11 is 5.65. The third kappa shape index (κ3) is 3.12. The van der Waals surface area contributed by atoms with Gasteiger partial charge in [-0.15, -0.1) is 0 Å². The van der Waals surface area contributed by atoms with Crippen LogP contribution in [-0.4, -0.2) is 46.6 Å². The molecule has 2 rings (SSSR count). The van der Waals surface area contributed by atoms with Crippen LogP contribution in [0, 0.1) is 0 Å². The molecule has 7 heteroatoms. The second-order valence-electron chi connectivity index (χ2n) is 3.79. The fourth-order valence-corrected chi connectivity index (χ4v) is 1.82. The molecular formula is C10H13ClN4O2. The van der Waals surface area contributed by atoms with Gasteiger partial charge >= 0.3 is 0 Å². The summed E-state index contributed by atoms with van der Waals surface area (Å²) in [7, 11) is 0. The zero-order chi connectivity index (χ0) is 12.3. The average Bonchev–Trinajstić information content (AvgIpc) is 2.32. The van der Waals surface area contributed by atoms with E-state index >= 15 is 0 Å². The number of aromatic nitrogens is 2. The highest BCUT2D eigenvalue weighted by Crippen LogP contribution is 2.11. The quantitative estimate of drug-likeness (QED) is 0.811. The molecule has 6 nitrogen and oxygen atoms in total. The minimum atomic E-state index is -0.402. The van der Waals surface area contributed by atoms with Crippen molar-refractivity contribution in [2.75, 3.05) is 19.8 Å². The number of amides is 1. The summed E-state index contributed by atoms with van der Waals surface area (Å²) in [6.45, 7) is 2.08. The first-order chi connectivity index (χ1) is 8.16. The molecule has 1 aliphatic heterocycles. The first kappa shape index (κ1) is 12.2. The second kappa shape index (κ2) is 5.39. The smallest absolute Gasteiger partial charge is 0.237 e. The fourth-order valence-electron chi connectivity index (χ4n) is 1.72. The standard InChI is InChI=1S/C10H13ClN4O2/c11-9-4-13-7(3-14-9)5-15-1-2-17-6-8(15)10(12)16/h3-4,8H,1-2,5-6H2,(H2,12,16). The van der Waals surface area contributed by atoms with Crippen LogP contribution in [0.15, 0.2) is 12.4 Å². The van der Waals surface area contributed by atoms with Crippen molar-refractivity contribution in [3.8, 4) is 0 Å². The third-order valence-electron chi connectivity index (χ3n) is 2.61. The normalized spacial score (nSPS) is 21.4. The maximum atomic E-state index is 11.3. The van der Waals surface area contributed by atoms with E-state index in [0.717, 1.165) is 5.69 Å². The van der Waals surface area contributed by atoms with Crippen molar-refractivity contribution in [3.63, 3.8) is 0 Å². The van der Waals surface area contributed by atoms with Gasteiger partial charge in [-0.25, -0.2) is 4.98 Å². The lowest BCUT2D eigenvalue weighted by atomic mass is 10.2. The molecule has 1 aromatic rings. The second-order valence-corrected chi connectivity index (χ2v) is 4.18. The molecule has 1 aliphatic rings. The van der Waals surface area contributed by atoms with E-state index in [1.165, 1.54) is 6.20 Å². The predicted octanol–water partition coefficient (Wildman–Crippen LogP) is -0.184. The number of nitrogens with two attached hydrogens (primary N) is 1. The Morgan fingerprint density at radius 1 is 1.59 bits per heavy atom. The fraction of sp³-hybridized carbons (Fsp3) is 0.500. The summed E-state index contributed by atoms with van der Waals surface area (Å²) in [6.07, 6.45) is 3.08. The lowest BCUT2D eigenvalue weighted by Crippen LogP contribution is -2.51. The van der Waals surface area contributed by atoms with Crippen molar-refractivity contribution in [1.82, 2.24) is 14.9 Å². The number of ether oxygens (including phenoxy) is 1. The number of carbonyl (C=O) groups excluding carboxylic acids is 1. The summed E-state index contributed by atoms with van der Waals surface area (Å²) in [5.41, 5.74) is 6.07. The molecule has 1 fully saturated rings. The van der Waals surface area contributed by atoms with E-state index in [1.807, 2.05) is 4.90 Å². The SMILES string of the molecule is NC(=O)C1COCCN1Cc1cnc(Cl)cn1. The van der Waals surface area contributed by atoms with Gasteiger partial charge in [0.1, 0.15) is 11.2 Å². The molecule has 0 aliphatic carbocycles. The number of hydrogen-bond acceptors (Lipinski definition) is 5. The molecule has 1 aromatic heterocycles. The number of primary amides is 1. The van der Waals surface area contributed by atoms with Gasteiger partial charge in [-0.3, -0.25) is 14.7 Å². The van der Waals surface area contributed by atoms with Crippen molar-refractivity contribution >= 4 is 17.5 Å². The monoisotopic (exact) mass is 256 g/mol. The lowest BCUT2D eigenvalue weighted by molar-refractivity contribution is -0.129. The highest BCUT2D eigenvalue weighted by Gasteiger charge is 2.27. The van der Waals surface area contributed by atoms with Gasteiger partial charge in [0.05, 0.1) is 31.3 Å². The maximum Gasteiger partial charge on any atom is 0.237 e. The van der Waals surface area contributed by atoms with Crippen molar-refractivity contribution in [1.29, 1.82) is 0 Å². The van der Waals surface area contributed by atoms with Crippen LogP contribution in [0.4, 0.5) is 0 Å². The van der Waals surface area contributed by atoms with Gasteiger partial charge in [-0.1, -0.05) is 11.6 Å². The van der Waals surface area contributed by atoms with Crippen LogP contribution in [-0.2, 0) is 16.1 Å².